The monoisotopic (exact) mass is 326 g/mol. The van der Waals surface area contributed by atoms with Crippen molar-refractivity contribution in [3.8, 4) is 5.75 Å². The fourth-order valence-corrected chi connectivity index (χ4v) is 4.11. The van der Waals surface area contributed by atoms with Gasteiger partial charge >= 0.3 is 6.03 Å². The van der Waals surface area contributed by atoms with Gasteiger partial charge in [0.15, 0.2) is 9.84 Å². The molecule has 0 aromatic heterocycles. The summed E-state index contributed by atoms with van der Waals surface area (Å²) in [6, 6.07) is 7.18. The van der Waals surface area contributed by atoms with Crippen molar-refractivity contribution in [1.82, 2.24) is 10.2 Å². The van der Waals surface area contributed by atoms with Crippen LogP contribution in [-0.4, -0.2) is 57.1 Å². The Kier molecular flexibility index (Phi) is 5.28. The molecule has 1 unspecified atom stereocenters. The smallest absolute Gasteiger partial charge is 0.317 e. The summed E-state index contributed by atoms with van der Waals surface area (Å²) in [6.45, 7) is 2.74. The Morgan fingerprint density at radius 2 is 2.05 bits per heavy atom. The normalized spacial score (nSPS) is 19.6. The predicted octanol–water partition coefficient (Wildman–Crippen LogP) is 1.20. The predicted molar refractivity (Wildman–Crippen MR) is 84.9 cm³/mol. The lowest BCUT2D eigenvalue weighted by Crippen LogP contribution is -2.45. The SMILES string of the molecule is Cc1ccc(OCCNC(=O)N(C)C2CCS(=O)(=O)C2)cc1. The summed E-state index contributed by atoms with van der Waals surface area (Å²) in [4.78, 5) is 13.4. The lowest BCUT2D eigenvalue weighted by Gasteiger charge is -2.23. The molecule has 1 aromatic carbocycles. The van der Waals surface area contributed by atoms with Gasteiger partial charge in [-0.05, 0) is 25.5 Å². The van der Waals surface area contributed by atoms with Gasteiger partial charge in [0.25, 0.3) is 0 Å². The number of nitrogens with one attached hydrogen (secondary N) is 1. The summed E-state index contributed by atoms with van der Waals surface area (Å²) in [5.74, 6) is 0.970. The summed E-state index contributed by atoms with van der Waals surface area (Å²) >= 11 is 0. The van der Waals surface area contributed by atoms with Crippen LogP contribution in [0.1, 0.15) is 12.0 Å². The molecule has 1 fully saturated rings. The number of carbonyl (C=O) groups excluding carboxylic acids is 1. The molecule has 1 N–H and O–H groups in total. The Balaban J connectivity index is 1.70. The number of urea groups is 1. The highest BCUT2D eigenvalue weighted by Gasteiger charge is 2.32. The largest absolute Gasteiger partial charge is 0.492 e. The van der Waals surface area contributed by atoms with Crippen molar-refractivity contribution in [3.05, 3.63) is 29.8 Å². The van der Waals surface area contributed by atoms with Crippen LogP contribution in [0.3, 0.4) is 0 Å². The Labute approximate surface area is 131 Å². The third kappa shape index (κ3) is 4.62. The number of aryl methyl sites for hydroxylation is 1. The van der Waals surface area contributed by atoms with E-state index >= 15 is 0 Å². The Morgan fingerprint density at radius 3 is 2.64 bits per heavy atom. The van der Waals surface area contributed by atoms with Crippen molar-refractivity contribution in [3.63, 3.8) is 0 Å². The van der Waals surface area contributed by atoms with Gasteiger partial charge in [0.2, 0.25) is 0 Å². The second kappa shape index (κ2) is 7.00. The van der Waals surface area contributed by atoms with Gasteiger partial charge in [0, 0.05) is 13.1 Å². The first-order valence-corrected chi connectivity index (χ1v) is 9.10. The second-order valence-electron chi connectivity index (χ2n) is 5.56. The van der Waals surface area contributed by atoms with E-state index in [0.29, 0.717) is 19.6 Å². The van der Waals surface area contributed by atoms with Crippen LogP contribution < -0.4 is 10.1 Å². The first-order valence-electron chi connectivity index (χ1n) is 7.28. The van der Waals surface area contributed by atoms with E-state index in [2.05, 4.69) is 5.32 Å². The number of sulfone groups is 1. The zero-order valence-electron chi connectivity index (χ0n) is 12.9. The van der Waals surface area contributed by atoms with Crippen LogP contribution in [-0.2, 0) is 9.84 Å². The highest BCUT2D eigenvalue weighted by Crippen LogP contribution is 2.16. The number of hydrogen-bond acceptors (Lipinski definition) is 4. The van der Waals surface area contributed by atoms with Crippen molar-refractivity contribution in [1.29, 1.82) is 0 Å². The molecule has 1 aliphatic rings. The summed E-state index contributed by atoms with van der Waals surface area (Å²) in [6.07, 6.45) is 0.506. The van der Waals surface area contributed by atoms with Crippen LogP contribution in [0, 0.1) is 6.92 Å². The lowest BCUT2D eigenvalue weighted by molar-refractivity contribution is 0.192. The molecule has 1 aromatic rings. The lowest BCUT2D eigenvalue weighted by atomic mass is 10.2. The molecule has 122 valence electrons. The zero-order chi connectivity index (χ0) is 16.2. The second-order valence-corrected chi connectivity index (χ2v) is 7.79. The van der Waals surface area contributed by atoms with Gasteiger partial charge in [-0.1, -0.05) is 17.7 Å². The molecule has 1 atom stereocenters. The summed E-state index contributed by atoms with van der Waals surface area (Å²) in [5, 5.41) is 2.74. The van der Waals surface area contributed by atoms with Gasteiger partial charge < -0.3 is 15.0 Å². The van der Waals surface area contributed by atoms with Gasteiger partial charge in [0.1, 0.15) is 12.4 Å². The average molecular weight is 326 g/mol. The van der Waals surface area contributed by atoms with Crippen LogP contribution in [0.4, 0.5) is 4.79 Å². The van der Waals surface area contributed by atoms with E-state index in [0.717, 1.165) is 11.3 Å². The molecule has 2 rings (SSSR count). The summed E-state index contributed by atoms with van der Waals surface area (Å²) < 4.78 is 28.4. The molecule has 1 saturated heterocycles. The van der Waals surface area contributed by atoms with Crippen LogP contribution in [0.25, 0.3) is 0 Å². The fourth-order valence-electron chi connectivity index (χ4n) is 2.33. The quantitative estimate of drug-likeness (QED) is 0.825. The number of carbonyl (C=O) groups is 1. The molecule has 6 nitrogen and oxygen atoms in total. The van der Waals surface area contributed by atoms with Crippen LogP contribution in [0.15, 0.2) is 24.3 Å². The third-order valence-electron chi connectivity index (χ3n) is 3.74. The first-order chi connectivity index (χ1) is 10.4. The van der Waals surface area contributed by atoms with E-state index in [4.69, 9.17) is 4.74 Å². The third-order valence-corrected chi connectivity index (χ3v) is 5.49. The van der Waals surface area contributed by atoms with E-state index < -0.39 is 9.84 Å². The van der Waals surface area contributed by atoms with Gasteiger partial charge in [-0.25, -0.2) is 13.2 Å². The Morgan fingerprint density at radius 1 is 1.36 bits per heavy atom. The number of ether oxygens (including phenoxy) is 1. The van der Waals surface area contributed by atoms with E-state index in [1.165, 1.54) is 4.90 Å². The molecule has 0 bridgehead atoms. The first kappa shape index (κ1) is 16.6. The molecule has 7 heteroatoms. The summed E-state index contributed by atoms with van der Waals surface area (Å²) in [7, 11) is -1.36. The minimum absolute atomic E-state index is 0.0524. The molecule has 0 radical (unpaired) electrons. The highest BCUT2D eigenvalue weighted by atomic mass is 32.2. The highest BCUT2D eigenvalue weighted by molar-refractivity contribution is 7.91. The van der Waals surface area contributed by atoms with Crippen molar-refractivity contribution in [2.24, 2.45) is 0 Å². The minimum Gasteiger partial charge on any atom is -0.492 e. The molecule has 0 saturated carbocycles. The van der Waals surface area contributed by atoms with Crippen molar-refractivity contribution in [2.45, 2.75) is 19.4 Å². The fraction of sp³-hybridized carbons (Fsp3) is 0.533. The van der Waals surface area contributed by atoms with Crippen molar-refractivity contribution < 1.29 is 17.9 Å². The van der Waals surface area contributed by atoms with Gasteiger partial charge in [-0.15, -0.1) is 0 Å². The molecule has 2 amide bonds. The zero-order valence-corrected chi connectivity index (χ0v) is 13.7. The van der Waals surface area contributed by atoms with E-state index in [1.54, 1.807) is 7.05 Å². The van der Waals surface area contributed by atoms with Crippen LogP contribution in [0.2, 0.25) is 0 Å². The Bertz CT molecular complexity index is 613. The van der Waals surface area contributed by atoms with Gasteiger partial charge in [-0.2, -0.15) is 0 Å². The van der Waals surface area contributed by atoms with Crippen molar-refractivity contribution >= 4 is 15.9 Å². The molecule has 1 heterocycles. The Hall–Kier alpha value is -1.76. The van der Waals surface area contributed by atoms with Gasteiger partial charge in [-0.3, -0.25) is 0 Å². The van der Waals surface area contributed by atoms with E-state index in [9.17, 15) is 13.2 Å². The van der Waals surface area contributed by atoms with Crippen LogP contribution in [0.5, 0.6) is 5.75 Å². The number of hydrogen-bond donors (Lipinski definition) is 1. The topological polar surface area (TPSA) is 75.7 Å². The number of amides is 2. The molecule has 1 aliphatic heterocycles. The molecule has 22 heavy (non-hydrogen) atoms. The molecule has 0 spiro atoms. The number of benzene rings is 1. The van der Waals surface area contributed by atoms with Crippen LogP contribution >= 0.6 is 0 Å². The average Bonchev–Trinajstić information content (AvgIpc) is 2.84. The maximum absolute atomic E-state index is 12.0. The number of nitrogens with zero attached hydrogens (tertiary/aromatic N) is 1. The standard InChI is InChI=1S/C15H22N2O4S/c1-12-3-5-14(6-4-12)21-9-8-16-15(18)17(2)13-7-10-22(19,20)11-13/h3-6,13H,7-11H2,1-2H3,(H,16,18). The maximum atomic E-state index is 12.0. The minimum atomic E-state index is -2.99. The maximum Gasteiger partial charge on any atom is 0.317 e. The van der Waals surface area contributed by atoms with E-state index in [1.807, 2.05) is 31.2 Å². The van der Waals surface area contributed by atoms with Gasteiger partial charge in [0.05, 0.1) is 18.1 Å². The van der Waals surface area contributed by atoms with E-state index in [-0.39, 0.29) is 23.6 Å². The summed E-state index contributed by atoms with van der Waals surface area (Å²) in [5.41, 5.74) is 1.16. The molecular weight excluding hydrogens is 304 g/mol. The number of rotatable bonds is 5. The molecule has 0 aliphatic carbocycles. The molecular formula is C15H22N2O4S. The van der Waals surface area contributed by atoms with Crippen molar-refractivity contribution in [2.75, 3.05) is 31.7 Å².